The van der Waals surface area contributed by atoms with E-state index in [0.717, 1.165) is 21.9 Å². The number of amides is 2. The van der Waals surface area contributed by atoms with Gasteiger partial charge in [-0.25, -0.2) is 0 Å². The van der Waals surface area contributed by atoms with Crippen LogP contribution >= 0.6 is 0 Å². The summed E-state index contributed by atoms with van der Waals surface area (Å²) in [7, 11) is 0. The van der Waals surface area contributed by atoms with Crippen molar-refractivity contribution < 1.29 is 19.4 Å². The van der Waals surface area contributed by atoms with Gasteiger partial charge in [-0.3, -0.25) is 39.6 Å². The van der Waals surface area contributed by atoms with E-state index < -0.39 is 33.0 Å². The molecule has 0 aromatic heterocycles. The Hall–Kier alpha value is -4.60. The molecule has 0 unspecified atom stereocenters. The molecular weight excluding hydrogens is 416 g/mol. The van der Waals surface area contributed by atoms with Crippen LogP contribution in [0.5, 0.6) is 0 Å². The highest BCUT2D eigenvalue weighted by molar-refractivity contribution is 6.06. The van der Waals surface area contributed by atoms with E-state index >= 15 is 0 Å². The molecule has 0 heterocycles. The average molecular weight is 434 g/mol. The van der Waals surface area contributed by atoms with E-state index in [9.17, 15) is 29.8 Å². The normalized spacial score (nSPS) is 10.3. The number of nitro groups is 2. The number of hydrogen-bond donors (Lipinski definition) is 0. The van der Waals surface area contributed by atoms with Gasteiger partial charge in [-0.15, -0.1) is 0 Å². The molecule has 10 nitrogen and oxygen atoms in total. The lowest BCUT2D eigenvalue weighted by molar-refractivity contribution is -0.393. The predicted molar refractivity (Wildman–Crippen MR) is 118 cm³/mol. The summed E-state index contributed by atoms with van der Waals surface area (Å²) in [6, 6.07) is 18.2. The van der Waals surface area contributed by atoms with Crippen LogP contribution in [0.2, 0.25) is 0 Å². The second-order valence-electron chi connectivity index (χ2n) is 6.72. The smallest absolute Gasteiger partial charge is 0.275 e. The number of para-hydroxylation sites is 2. The fourth-order valence-corrected chi connectivity index (χ4v) is 3.34. The van der Waals surface area contributed by atoms with Crippen LogP contribution in [0.15, 0.2) is 72.8 Å². The van der Waals surface area contributed by atoms with E-state index in [2.05, 4.69) is 0 Å². The van der Waals surface area contributed by atoms with E-state index in [1.54, 1.807) is 60.7 Å². The first kappa shape index (κ1) is 22.1. The van der Waals surface area contributed by atoms with Gasteiger partial charge in [0.2, 0.25) is 11.8 Å². The van der Waals surface area contributed by atoms with Crippen molar-refractivity contribution >= 4 is 45.9 Å². The standard InChI is InChI=1S/C22H18N4O6/c1-15(27)23(17-9-5-3-6-10-17)19-13-20(22(26(31)32)14-21(19)25(29)30)24(16(2)28)18-11-7-4-8-12-18/h3-14H,1-2H3. The molecule has 0 atom stereocenters. The van der Waals surface area contributed by atoms with Crippen LogP contribution in [0.25, 0.3) is 0 Å². The SMILES string of the molecule is CC(=O)N(c1ccccc1)c1cc(N(C(C)=O)c2ccccc2)c([N+](=O)[O-])cc1[N+](=O)[O-]. The van der Waals surface area contributed by atoms with Gasteiger partial charge in [0.15, 0.2) is 0 Å². The second kappa shape index (κ2) is 9.04. The molecule has 0 radical (unpaired) electrons. The summed E-state index contributed by atoms with van der Waals surface area (Å²) in [4.78, 5) is 49.2. The van der Waals surface area contributed by atoms with Gasteiger partial charge in [0.05, 0.1) is 15.9 Å². The maximum atomic E-state index is 12.5. The van der Waals surface area contributed by atoms with Gasteiger partial charge >= 0.3 is 0 Å². The van der Waals surface area contributed by atoms with Crippen LogP contribution in [0.3, 0.4) is 0 Å². The van der Waals surface area contributed by atoms with Crippen LogP contribution in [-0.2, 0) is 9.59 Å². The molecule has 0 aliphatic heterocycles. The Morgan fingerprint density at radius 1 is 0.656 bits per heavy atom. The molecule has 10 heteroatoms. The van der Waals surface area contributed by atoms with Gasteiger partial charge < -0.3 is 0 Å². The molecule has 0 aliphatic carbocycles. The second-order valence-corrected chi connectivity index (χ2v) is 6.72. The van der Waals surface area contributed by atoms with Gasteiger partial charge in [-0.1, -0.05) is 36.4 Å². The van der Waals surface area contributed by atoms with Crippen LogP contribution in [0.4, 0.5) is 34.1 Å². The van der Waals surface area contributed by atoms with Gasteiger partial charge in [-0.2, -0.15) is 0 Å². The molecular formula is C22H18N4O6. The van der Waals surface area contributed by atoms with E-state index in [-0.39, 0.29) is 11.4 Å². The number of benzene rings is 3. The summed E-state index contributed by atoms with van der Waals surface area (Å²) < 4.78 is 0. The molecule has 2 amide bonds. The molecule has 3 aromatic rings. The van der Waals surface area contributed by atoms with Crippen molar-refractivity contribution in [1.82, 2.24) is 0 Å². The van der Waals surface area contributed by atoms with E-state index in [4.69, 9.17) is 0 Å². The average Bonchev–Trinajstić information content (AvgIpc) is 2.74. The molecule has 0 saturated carbocycles. The zero-order valence-electron chi connectivity index (χ0n) is 17.2. The molecule has 0 aliphatic rings. The van der Waals surface area contributed by atoms with E-state index in [0.29, 0.717) is 11.4 Å². The first-order chi connectivity index (χ1) is 15.2. The van der Waals surface area contributed by atoms with E-state index in [1.165, 1.54) is 13.8 Å². The van der Waals surface area contributed by atoms with Gasteiger partial charge in [0, 0.05) is 31.3 Å². The zero-order chi connectivity index (χ0) is 23.4. The molecule has 162 valence electrons. The Bertz CT molecular complexity index is 1110. The number of rotatable bonds is 6. The van der Waals surface area contributed by atoms with Crippen molar-refractivity contribution in [1.29, 1.82) is 0 Å². The Kier molecular flexibility index (Phi) is 6.24. The predicted octanol–water partition coefficient (Wildman–Crippen LogP) is 4.87. The summed E-state index contributed by atoms with van der Waals surface area (Å²) in [6.07, 6.45) is 0. The van der Waals surface area contributed by atoms with Crippen LogP contribution in [0.1, 0.15) is 13.8 Å². The lowest BCUT2D eigenvalue weighted by Crippen LogP contribution is -2.26. The fourth-order valence-electron chi connectivity index (χ4n) is 3.34. The van der Waals surface area contributed by atoms with Crippen molar-refractivity contribution in [2.45, 2.75) is 13.8 Å². The largest absolute Gasteiger partial charge is 0.300 e. The summed E-state index contributed by atoms with van der Waals surface area (Å²) in [5.41, 5.74) is -1.02. The third-order valence-corrected chi connectivity index (χ3v) is 4.61. The minimum absolute atomic E-state index is 0.198. The Morgan fingerprint density at radius 3 is 1.28 bits per heavy atom. The third kappa shape index (κ3) is 4.29. The molecule has 0 N–H and O–H groups in total. The maximum Gasteiger partial charge on any atom is 0.300 e. The summed E-state index contributed by atoms with van der Waals surface area (Å²) in [6.45, 7) is 2.44. The maximum absolute atomic E-state index is 12.5. The number of carbonyl (C=O) groups is 2. The molecule has 3 aromatic carbocycles. The van der Waals surface area contributed by atoms with Crippen molar-refractivity contribution in [2.75, 3.05) is 9.80 Å². The topological polar surface area (TPSA) is 127 Å². The summed E-state index contributed by atoms with van der Waals surface area (Å²) >= 11 is 0. The zero-order valence-corrected chi connectivity index (χ0v) is 17.2. The summed E-state index contributed by atoms with van der Waals surface area (Å²) in [5, 5.41) is 23.6. The molecule has 3 rings (SSSR count). The lowest BCUT2D eigenvalue weighted by atomic mass is 10.1. The number of hydrogen-bond acceptors (Lipinski definition) is 6. The Morgan fingerprint density at radius 2 is 1.00 bits per heavy atom. The highest BCUT2D eigenvalue weighted by Crippen LogP contribution is 2.44. The number of nitro benzene ring substituents is 2. The quantitative estimate of drug-likeness (QED) is 0.402. The molecule has 0 bridgehead atoms. The Balaban J connectivity index is 2.38. The summed E-state index contributed by atoms with van der Waals surface area (Å²) in [5.74, 6) is -1.10. The van der Waals surface area contributed by atoms with Crippen molar-refractivity contribution in [3.05, 3.63) is 93.0 Å². The van der Waals surface area contributed by atoms with Crippen molar-refractivity contribution in [3.63, 3.8) is 0 Å². The Labute approximate surface area is 182 Å². The molecule has 32 heavy (non-hydrogen) atoms. The highest BCUT2D eigenvalue weighted by Gasteiger charge is 2.33. The van der Waals surface area contributed by atoms with Crippen molar-refractivity contribution in [2.24, 2.45) is 0 Å². The molecule has 0 fully saturated rings. The first-order valence-electron chi connectivity index (χ1n) is 9.40. The fraction of sp³-hybridized carbons (Fsp3) is 0.0909. The van der Waals surface area contributed by atoms with Crippen LogP contribution in [-0.4, -0.2) is 21.7 Å². The van der Waals surface area contributed by atoms with Crippen LogP contribution < -0.4 is 9.80 Å². The van der Waals surface area contributed by atoms with Gasteiger partial charge in [0.25, 0.3) is 11.4 Å². The van der Waals surface area contributed by atoms with E-state index in [1.807, 2.05) is 0 Å². The minimum atomic E-state index is -0.800. The minimum Gasteiger partial charge on any atom is -0.275 e. The van der Waals surface area contributed by atoms with Crippen LogP contribution in [0, 0.1) is 20.2 Å². The molecule has 0 spiro atoms. The molecule has 0 saturated heterocycles. The van der Waals surface area contributed by atoms with Crippen molar-refractivity contribution in [3.8, 4) is 0 Å². The van der Waals surface area contributed by atoms with Gasteiger partial charge in [-0.05, 0) is 24.3 Å². The number of nitrogens with zero attached hydrogens (tertiary/aromatic N) is 4. The number of anilines is 4. The number of carbonyl (C=O) groups excluding carboxylic acids is 2. The lowest BCUT2D eigenvalue weighted by Gasteiger charge is -2.25. The monoisotopic (exact) mass is 434 g/mol. The van der Waals surface area contributed by atoms with Gasteiger partial charge in [0.1, 0.15) is 11.4 Å². The highest BCUT2D eigenvalue weighted by atomic mass is 16.6. The third-order valence-electron chi connectivity index (χ3n) is 4.61. The first-order valence-corrected chi connectivity index (χ1v) is 9.40.